The lowest BCUT2D eigenvalue weighted by Crippen LogP contribution is -1.96. The number of hydrogen-bond donors (Lipinski definition) is 0. The minimum absolute atomic E-state index is 0.700. The summed E-state index contributed by atoms with van der Waals surface area (Å²) in [5.41, 5.74) is 11.6. The molecule has 0 bridgehead atoms. The Kier molecular flexibility index (Phi) is 7.72. The van der Waals surface area contributed by atoms with E-state index in [4.69, 9.17) is 15.0 Å². The molecule has 4 heteroatoms. The van der Waals surface area contributed by atoms with Gasteiger partial charge < -0.3 is 0 Å². The summed E-state index contributed by atoms with van der Waals surface area (Å²) in [5, 5.41) is 9.58. The third-order valence-corrected chi connectivity index (χ3v) is 12.9. The van der Waals surface area contributed by atoms with Crippen LogP contribution in [0.3, 0.4) is 0 Å². The van der Waals surface area contributed by atoms with Gasteiger partial charge in [-0.25, -0.2) is 15.0 Å². The lowest BCUT2D eigenvalue weighted by molar-refractivity contribution is 1.23. The zero-order valence-corrected chi connectivity index (χ0v) is 32.6. The average molecular weight is 768 g/mol. The molecule has 3 aromatic heterocycles. The lowest BCUT2D eigenvalue weighted by atomic mass is 9.92. The van der Waals surface area contributed by atoms with Crippen LogP contribution in [0.1, 0.15) is 0 Å². The molecule has 0 aliphatic heterocycles. The van der Waals surface area contributed by atoms with Crippen LogP contribution in [0, 0.1) is 0 Å². The topological polar surface area (TPSA) is 38.7 Å². The second-order valence-corrected chi connectivity index (χ2v) is 16.1. The molecule has 59 heavy (non-hydrogen) atoms. The van der Waals surface area contributed by atoms with Crippen LogP contribution < -0.4 is 0 Å². The molecule has 0 fully saturated rings. The highest BCUT2D eigenvalue weighted by Crippen LogP contribution is 2.43. The van der Waals surface area contributed by atoms with E-state index < -0.39 is 0 Å². The maximum absolute atomic E-state index is 5.57. The predicted molar refractivity (Wildman–Crippen MR) is 250 cm³/mol. The van der Waals surface area contributed by atoms with Crippen molar-refractivity contribution in [2.24, 2.45) is 0 Å². The maximum atomic E-state index is 5.57. The molecule has 0 unspecified atom stereocenters. The van der Waals surface area contributed by atoms with Gasteiger partial charge >= 0.3 is 0 Å². The number of rotatable bonds is 5. The number of pyridine rings is 1. The van der Waals surface area contributed by atoms with Gasteiger partial charge in [-0.3, -0.25) is 0 Å². The van der Waals surface area contributed by atoms with E-state index >= 15 is 0 Å². The summed E-state index contributed by atoms with van der Waals surface area (Å²) in [4.78, 5) is 15.7. The third kappa shape index (κ3) is 5.53. The largest absolute Gasteiger partial charge is 0.246 e. The summed E-state index contributed by atoms with van der Waals surface area (Å²) in [5.74, 6) is 0.700. The van der Waals surface area contributed by atoms with E-state index in [9.17, 15) is 0 Å². The van der Waals surface area contributed by atoms with E-state index in [2.05, 4.69) is 182 Å². The Bertz CT molecular complexity index is 3590. The first kappa shape index (κ1) is 33.6. The molecule has 9 aromatic carbocycles. The zero-order valence-electron chi connectivity index (χ0n) is 31.8. The highest BCUT2D eigenvalue weighted by atomic mass is 32.1. The van der Waals surface area contributed by atoms with Crippen molar-refractivity contribution in [1.29, 1.82) is 0 Å². The third-order valence-electron chi connectivity index (χ3n) is 11.7. The van der Waals surface area contributed by atoms with E-state index in [0.29, 0.717) is 5.82 Å². The Morgan fingerprint density at radius 2 is 0.915 bits per heavy atom. The van der Waals surface area contributed by atoms with Gasteiger partial charge in [-0.2, -0.15) is 0 Å². The molecule has 0 spiro atoms. The standard InChI is InChI=1S/C55H33N3S/c1-2-13-37(14-3-1)51-45-17-6-8-22-48(45)56-55(58-51)39-30-28-38(29-31-39)52-47-33-32-34-12-4-5-15-40(34)50(47)46-21-10-18-41(53(46)57-52)35-24-26-36(27-25-35)42-19-11-20-44-43-16-7-9-23-49(43)59-54(42)44/h1-33H. The van der Waals surface area contributed by atoms with Crippen molar-refractivity contribution in [3.8, 4) is 56.2 Å². The first-order valence-electron chi connectivity index (χ1n) is 19.9. The number of para-hydroxylation sites is 2. The van der Waals surface area contributed by atoms with Crippen LogP contribution in [0.2, 0.25) is 0 Å². The smallest absolute Gasteiger partial charge is 0.160 e. The number of aromatic nitrogens is 3. The van der Waals surface area contributed by atoms with Gasteiger partial charge in [-0.05, 0) is 39.6 Å². The van der Waals surface area contributed by atoms with Crippen molar-refractivity contribution < 1.29 is 0 Å². The molecule has 0 saturated carbocycles. The van der Waals surface area contributed by atoms with E-state index in [-0.39, 0.29) is 0 Å². The summed E-state index contributed by atoms with van der Waals surface area (Å²) in [6.07, 6.45) is 0. The maximum Gasteiger partial charge on any atom is 0.160 e. The summed E-state index contributed by atoms with van der Waals surface area (Å²) in [7, 11) is 0. The Balaban J connectivity index is 1.00. The quantitative estimate of drug-likeness (QED) is 0.164. The molecule has 274 valence electrons. The fraction of sp³-hybridized carbons (Fsp3) is 0. The van der Waals surface area contributed by atoms with Gasteiger partial charge in [0.25, 0.3) is 0 Å². The van der Waals surface area contributed by atoms with Crippen molar-refractivity contribution >= 4 is 74.9 Å². The molecule has 12 rings (SSSR count). The minimum Gasteiger partial charge on any atom is -0.246 e. The van der Waals surface area contributed by atoms with E-state index in [1.807, 2.05) is 29.5 Å². The van der Waals surface area contributed by atoms with Crippen LogP contribution in [-0.4, -0.2) is 15.0 Å². The predicted octanol–water partition coefficient (Wildman–Crippen LogP) is 15.2. The normalized spacial score (nSPS) is 11.7. The van der Waals surface area contributed by atoms with Crippen LogP contribution in [0.15, 0.2) is 200 Å². The zero-order chi connectivity index (χ0) is 38.9. The van der Waals surface area contributed by atoms with Crippen molar-refractivity contribution in [2.45, 2.75) is 0 Å². The highest BCUT2D eigenvalue weighted by molar-refractivity contribution is 7.26. The SMILES string of the molecule is c1ccc(-c2nc(-c3ccc(-c4nc5c(-c6ccc(-c7cccc8c7sc7ccccc78)cc6)cccc5c5c4ccc4ccccc45)cc3)nc3ccccc23)cc1. The van der Waals surface area contributed by atoms with Gasteiger partial charge in [0.1, 0.15) is 0 Å². The Morgan fingerprint density at radius 3 is 1.75 bits per heavy atom. The molecule has 0 aliphatic rings. The van der Waals surface area contributed by atoms with Gasteiger partial charge in [0.15, 0.2) is 5.82 Å². The molecule has 3 heterocycles. The van der Waals surface area contributed by atoms with Gasteiger partial charge in [0.05, 0.1) is 22.4 Å². The van der Waals surface area contributed by atoms with Crippen LogP contribution >= 0.6 is 11.3 Å². The minimum atomic E-state index is 0.700. The molecule has 0 aliphatic carbocycles. The van der Waals surface area contributed by atoms with Crippen LogP contribution in [0.5, 0.6) is 0 Å². The second kappa shape index (κ2) is 13.6. The highest BCUT2D eigenvalue weighted by Gasteiger charge is 2.18. The molecule has 0 atom stereocenters. The van der Waals surface area contributed by atoms with Gasteiger partial charge in [0, 0.05) is 64.0 Å². The average Bonchev–Trinajstić information content (AvgIpc) is 3.70. The number of hydrogen-bond acceptors (Lipinski definition) is 4. The number of thiophene rings is 1. The summed E-state index contributed by atoms with van der Waals surface area (Å²) >= 11 is 1.87. The first-order valence-corrected chi connectivity index (χ1v) is 20.8. The molecule has 0 radical (unpaired) electrons. The van der Waals surface area contributed by atoms with Crippen molar-refractivity contribution in [3.63, 3.8) is 0 Å². The summed E-state index contributed by atoms with van der Waals surface area (Å²) in [6.45, 7) is 0. The summed E-state index contributed by atoms with van der Waals surface area (Å²) in [6, 6.07) is 71.4. The molecule has 0 saturated heterocycles. The van der Waals surface area contributed by atoms with Crippen LogP contribution in [0.4, 0.5) is 0 Å². The Labute approximate surface area is 344 Å². The van der Waals surface area contributed by atoms with Crippen LogP contribution in [0.25, 0.3) is 120 Å². The number of benzene rings is 9. The summed E-state index contributed by atoms with van der Waals surface area (Å²) < 4.78 is 2.64. The van der Waals surface area contributed by atoms with Gasteiger partial charge in [-0.1, -0.05) is 188 Å². The molecular weight excluding hydrogens is 735 g/mol. The van der Waals surface area contributed by atoms with Gasteiger partial charge in [0.2, 0.25) is 0 Å². The monoisotopic (exact) mass is 767 g/mol. The second-order valence-electron chi connectivity index (χ2n) is 15.1. The van der Waals surface area contributed by atoms with E-state index in [1.165, 1.54) is 47.5 Å². The molecule has 0 N–H and O–H groups in total. The number of nitrogens with zero attached hydrogens (tertiary/aromatic N) is 3. The Hall–Kier alpha value is -7.53. The molecule has 0 amide bonds. The molecule has 12 aromatic rings. The molecular formula is C55H33N3S. The fourth-order valence-electron chi connectivity index (χ4n) is 8.85. The first-order chi connectivity index (χ1) is 29.2. The van der Waals surface area contributed by atoms with Crippen molar-refractivity contribution in [1.82, 2.24) is 15.0 Å². The fourth-order valence-corrected chi connectivity index (χ4v) is 10.1. The van der Waals surface area contributed by atoms with E-state index in [0.717, 1.165) is 66.4 Å². The Morgan fingerprint density at radius 1 is 0.322 bits per heavy atom. The van der Waals surface area contributed by atoms with Crippen LogP contribution in [-0.2, 0) is 0 Å². The van der Waals surface area contributed by atoms with Crippen molar-refractivity contribution in [3.05, 3.63) is 200 Å². The van der Waals surface area contributed by atoms with E-state index in [1.54, 1.807) is 0 Å². The van der Waals surface area contributed by atoms with Crippen molar-refractivity contribution in [2.75, 3.05) is 0 Å². The number of fused-ring (bicyclic) bond motifs is 9. The van der Waals surface area contributed by atoms with Gasteiger partial charge in [-0.15, -0.1) is 11.3 Å². The lowest BCUT2D eigenvalue weighted by Gasteiger charge is -2.16. The molecule has 3 nitrogen and oxygen atoms in total.